The van der Waals surface area contributed by atoms with Gasteiger partial charge in [-0.15, -0.1) is 11.3 Å². The SMILES string of the molecule is Cc1ccc(C2CC2C(=O)NC(CCO)c2ccccc2)s1. The second-order valence-electron chi connectivity index (χ2n) is 5.88. The van der Waals surface area contributed by atoms with Crippen molar-refractivity contribution in [3.63, 3.8) is 0 Å². The van der Waals surface area contributed by atoms with Gasteiger partial charge in [0.2, 0.25) is 5.91 Å². The van der Waals surface area contributed by atoms with E-state index >= 15 is 0 Å². The van der Waals surface area contributed by atoms with Crippen molar-refractivity contribution < 1.29 is 9.90 Å². The van der Waals surface area contributed by atoms with Gasteiger partial charge in [-0.1, -0.05) is 30.3 Å². The number of aliphatic hydroxyl groups excluding tert-OH is 1. The van der Waals surface area contributed by atoms with Crippen molar-refractivity contribution in [3.05, 3.63) is 57.8 Å². The molecule has 3 rings (SSSR count). The van der Waals surface area contributed by atoms with Gasteiger partial charge in [-0.25, -0.2) is 0 Å². The standard InChI is InChI=1S/C18H21NO2S/c1-12-7-8-17(22-12)14-11-15(14)18(21)19-16(9-10-20)13-5-3-2-4-6-13/h2-8,14-16,20H,9-11H2,1H3,(H,19,21). The molecule has 22 heavy (non-hydrogen) atoms. The molecule has 3 nitrogen and oxygen atoms in total. The molecule has 3 atom stereocenters. The maximum Gasteiger partial charge on any atom is 0.224 e. The molecule has 1 fully saturated rings. The molecule has 0 saturated heterocycles. The highest BCUT2D eigenvalue weighted by atomic mass is 32.1. The highest BCUT2D eigenvalue weighted by Gasteiger charge is 2.45. The number of amides is 1. The smallest absolute Gasteiger partial charge is 0.224 e. The maximum atomic E-state index is 12.5. The summed E-state index contributed by atoms with van der Waals surface area (Å²) in [5.74, 6) is 0.575. The average Bonchev–Trinajstić information content (AvgIpc) is 3.22. The third-order valence-corrected chi connectivity index (χ3v) is 5.32. The first-order chi connectivity index (χ1) is 10.7. The minimum atomic E-state index is -0.106. The maximum absolute atomic E-state index is 12.5. The minimum Gasteiger partial charge on any atom is -0.396 e. The second kappa shape index (κ2) is 6.63. The molecule has 0 spiro atoms. The Kier molecular flexibility index (Phi) is 4.60. The second-order valence-corrected chi connectivity index (χ2v) is 7.20. The van der Waals surface area contributed by atoms with Crippen LogP contribution in [0.3, 0.4) is 0 Å². The van der Waals surface area contributed by atoms with Gasteiger partial charge in [0.1, 0.15) is 0 Å². The average molecular weight is 315 g/mol. The van der Waals surface area contributed by atoms with Crippen molar-refractivity contribution in [1.82, 2.24) is 5.32 Å². The molecule has 1 heterocycles. The molecule has 0 bridgehead atoms. The lowest BCUT2D eigenvalue weighted by Crippen LogP contribution is -2.30. The predicted octanol–water partition coefficient (Wildman–Crippen LogP) is 3.40. The summed E-state index contributed by atoms with van der Waals surface area (Å²) >= 11 is 1.79. The van der Waals surface area contributed by atoms with Gasteiger partial charge in [0, 0.05) is 28.2 Å². The topological polar surface area (TPSA) is 49.3 Å². The number of benzene rings is 1. The number of thiophene rings is 1. The van der Waals surface area contributed by atoms with E-state index in [1.807, 2.05) is 30.3 Å². The number of nitrogens with one attached hydrogen (secondary N) is 1. The zero-order valence-electron chi connectivity index (χ0n) is 12.7. The van der Waals surface area contributed by atoms with E-state index in [1.165, 1.54) is 9.75 Å². The Bertz CT molecular complexity index is 638. The monoisotopic (exact) mass is 315 g/mol. The van der Waals surface area contributed by atoms with Crippen LogP contribution < -0.4 is 5.32 Å². The van der Waals surface area contributed by atoms with Gasteiger partial charge in [-0.3, -0.25) is 4.79 Å². The third kappa shape index (κ3) is 3.39. The molecule has 1 aliphatic carbocycles. The first-order valence-corrected chi connectivity index (χ1v) is 8.53. The van der Waals surface area contributed by atoms with E-state index in [0.29, 0.717) is 12.3 Å². The fourth-order valence-corrected chi connectivity index (χ4v) is 3.92. The summed E-state index contributed by atoms with van der Waals surface area (Å²) in [6.45, 7) is 2.16. The van der Waals surface area contributed by atoms with Crippen LogP contribution in [0, 0.1) is 12.8 Å². The van der Waals surface area contributed by atoms with Gasteiger partial charge < -0.3 is 10.4 Å². The fourth-order valence-electron chi connectivity index (χ4n) is 2.87. The first kappa shape index (κ1) is 15.3. The van der Waals surface area contributed by atoms with Crippen LogP contribution >= 0.6 is 11.3 Å². The minimum absolute atomic E-state index is 0.0675. The Morgan fingerprint density at radius 3 is 2.73 bits per heavy atom. The number of carbonyl (C=O) groups is 1. The fraction of sp³-hybridized carbons (Fsp3) is 0.389. The van der Waals surface area contributed by atoms with Crippen LogP contribution in [0.1, 0.15) is 40.1 Å². The van der Waals surface area contributed by atoms with E-state index in [1.54, 1.807) is 11.3 Å². The molecule has 4 heteroatoms. The molecule has 1 aromatic carbocycles. The highest BCUT2D eigenvalue weighted by molar-refractivity contribution is 7.12. The summed E-state index contributed by atoms with van der Waals surface area (Å²) < 4.78 is 0. The van der Waals surface area contributed by atoms with Crippen LogP contribution in [-0.4, -0.2) is 17.6 Å². The van der Waals surface area contributed by atoms with Gasteiger partial charge in [-0.2, -0.15) is 0 Å². The Balaban J connectivity index is 1.63. The van der Waals surface area contributed by atoms with Gasteiger partial charge in [0.25, 0.3) is 0 Å². The number of hydrogen-bond acceptors (Lipinski definition) is 3. The molecule has 1 amide bonds. The Morgan fingerprint density at radius 1 is 1.32 bits per heavy atom. The summed E-state index contributed by atoms with van der Waals surface area (Å²) in [5, 5.41) is 12.4. The molecule has 1 aromatic heterocycles. The summed E-state index contributed by atoms with van der Waals surface area (Å²) in [6.07, 6.45) is 1.48. The van der Waals surface area contributed by atoms with E-state index in [9.17, 15) is 9.90 Å². The van der Waals surface area contributed by atoms with Gasteiger partial charge in [0.05, 0.1) is 6.04 Å². The number of carbonyl (C=O) groups excluding carboxylic acids is 1. The number of hydrogen-bond donors (Lipinski definition) is 2. The summed E-state index contributed by atoms with van der Waals surface area (Å²) in [5.41, 5.74) is 1.05. The van der Waals surface area contributed by atoms with Crippen molar-refractivity contribution >= 4 is 17.2 Å². The number of aliphatic hydroxyl groups is 1. The van der Waals surface area contributed by atoms with E-state index in [0.717, 1.165) is 12.0 Å². The summed E-state index contributed by atoms with van der Waals surface area (Å²) in [4.78, 5) is 15.1. The van der Waals surface area contributed by atoms with E-state index < -0.39 is 0 Å². The van der Waals surface area contributed by atoms with E-state index in [2.05, 4.69) is 24.4 Å². The Hall–Kier alpha value is -1.65. The molecule has 1 aliphatic rings. The van der Waals surface area contributed by atoms with Crippen molar-refractivity contribution in [1.29, 1.82) is 0 Å². The molecule has 3 unspecified atom stereocenters. The molecule has 2 aromatic rings. The van der Waals surface area contributed by atoms with E-state index in [-0.39, 0.29) is 24.5 Å². The Labute approximate surface area is 135 Å². The van der Waals surface area contributed by atoms with Crippen LogP contribution in [0.4, 0.5) is 0 Å². The predicted molar refractivity (Wildman–Crippen MR) is 88.9 cm³/mol. The normalized spacial score (nSPS) is 21.4. The highest BCUT2D eigenvalue weighted by Crippen LogP contribution is 2.49. The first-order valence-electron chi connectivity index (χ1n) is 7.71. The van der Waals surface area contributed by atoms with Crippen molar-refractivity contribution in [2.45, 2.75) is 31.7 Å². The summed E-state index contributed by atoms with van der Waals surface area (Å²) in [7, 11) is 0. The molecular weight excluding hydrogens is 294 g/mol. The molecular formula is C18H21NO2S. The largest absolute Gasteiger partial charge is 0.396 e. The van der Waals surface area contributed by atoms with Gasteiger partial charge in [-0.05, 0) is 37.5 Å². The van der Waals surface area contributed by atoms with Crippen molar-refractivity contribution in [2.24, 2.45) is 5.92 Å². The molecule has 0 aliphatic heterocycles. The van der Waals surface area contributed by atoms with Crippen LogP contribution in [0.15, 0.2) is 42.5 Å². The third-order valence-electron chi connectivity index (χ3n) is 4.19. The van der Waals surface area contributed by atoms with Crippen molar-refractivity contribution in [3.8, 4) is 0 Å². The quantitative estimate of drug-likeness (QED) is 0.858. The Morgan fingerprint density at radius 2 is 2.09 bits per heavy atom. The van der Waals surface area contributed by atoms with E-state index in [4.69, 9.17) is 0 Å². The molecule has 116 valence electrons. The lowest BCUT2D eigenvalue weighted by atomic mass is 10.0. The van der Waals surface area contributed by atoms with Crippen LogP contribution in [0.5, 0.6) is 0 Å². The van der Waals surface area contributed by atoms with Gasteiger partial charge in [0.15, 0.2) is 0 Å². The van der Waals surface area contributed by atoms with Crippen LogP contribution in [0.25, 0.3) is 0 Å². The summed E-state index contributed by atoms with van der Waals surface area (Å²) in [6, 6.07) is 14.0. The lowest BCUT2D eigenvalue weighted by Gasteiger charge is -2.18. The molecule has 2 N–H and O–H groups in total. The van der Waals surface area contributed by atoms with Gasteiger partial charge >= 0.3 is 0 Å². The van der Waals surface area contributed by atoms with Crippen molar-refractivity contribution in [2.75, 3.05) is 6.61 Å². The van der Waals surface area contributed by atoms with Crippen LogP contribution in [-0.2, 0) is 4.79 Å². The number of aryl methyl sites for hydroxylation is 1. The number of rotatable bonds is 6. The lowest BCUT2D eigenvalue weighted by molar-refractivity contribution is -0.123. The zero-order valence-corrected chi connectivity index (χ0v) is 13.5. The molecule has 1 saturated carbocycles. The van der Waals surface area contributed by atoms with Crippen LogP contribution in [0.2, 0.25) is 0 Å². The zero-order chi connectivity index (χ0) is 15.5. The molecule has 0 radical (unpaired) electrons.